The smallest absolute Gasteiger partial charge is 0.232 e. The van der Waals surface area contributed by atoms with Crippen molar-refractivity contribution < 1.29 is 9.90 Å². The Morgan fingerprint density at radius 2 is 1.83 bits per heavy atom. The van der Waals surface area contributed by atoms with Crippen molar-refractivity contribution >= 4 is 11.6 Å². The first-order chi connectivity index (χ1) is 8.75. The molecular formula is C15H13NO2. The largest absolute Gasteiger partial charge is 0.508 e. The van der Waals surface area contributed by atoms with Gasteiger partial charge in [0.05, 0.1) is 5.92 Å². The molecule has 0 bridgehead atoms. The minimum absolute atomic E-state index is 0.0460. The van der Waals surface area contributed by atoms with Crippen LogP contribution in [0, 0.1) is 0 Å². The van der Waals surface area contributed by atoms with Gasteiger partial charge in [-0.1, -0.05) is 36.4 Å². The summed E-state index contributed by atoms with van der Waals surface area (Å²) in [7, 11) is 0. The third kappa shape index (κ3) is 1.74. The normalized spacial score (nSPS) is 17.3. The van der Waals surface area contributed by atoms with Gasteiger partial charge in [0.15, 0.2) is 0 Å². The number of nitrogens with one attached hydrogen (secondary N) is 1. The second-order valence-electron chi connectivity index (χ2n) is 4.47. The number of carbonyl (C=O) groups is 1. The van der Waals surface area contributed by atoms with Crippen molar-refractivity contribution in [2.75, 3.05) is 5.32 Å². The van der Waals surface area contributed by atoms with Gasteiger partial charge in [-0.25, -0.2) is 0 Å². The van der Waals surface area contributed by atoms with Crippen molar-refractivity contribution in [1.29, 1.82) is 0 Å². The predicted molar refractivity (Wildman–Crippen MR) is 69.6 cm³/mol. The summed E-state index contributed by atoms with van der Waals surface area (Å²) < 4.78 is 0. The Labute approximate surface area is 105 Å². The number of aromatic hydroxyl groups is 1. The van der Waals surface area contributed by atoms with Crippen LogP contribution in [0.1, 0.15) is 17.0 Å². The molecule has 2 N–H and O–H groups in total. The molecule has 0 aliphatic carbocycles. The highest BCUT2D eigenvalue weighted by molar-refractivity contribution is 6.04. The fourth-order valence-corrected chi connectivity index (χ4v) is 2.42. The third-order valence-electron chi connectivity index (χ3n) is 3.29. The molecule has 1 unspecified atom stereocenters. The third-order valence-corrected chi connectivity index (χ3v) is 3.29. The van der Waals surface area contributed by atoms with Crippen molar-refractivity contribution in [3.8, 4) is 5.75 Å². The van der Waals surface area contributed by atoms with E-state index >= 15 is 0 Å². The number of benzene rings is 2. The van der Waals surface area contributed by atoms with Gasteiger partial charge >= 0.3 is 0 Å². The average molecular weight is 239 g/mol. The molecule has 0 aromatic heterocycles. The summed E-state index contributed by atoms with van der Waals surface area (Å²) in [6.07, 6.45) is 0.608. The Morgan fingerprint density at radius 3 is 2.61 bits per heavy atom. The van der Waals surface area contributed by atoms with Gasteiger partial charge in [0, 0.05) is 11.3 Å². The van der Waals surface area contributed by atoms with Crippen LogP contribution < -0.4 is 5.32 Å². The highest BCUT2D eigenvalue weighted by atomic mass is 16.3. The van der Waals surface area contributed by atoms with E-state index in [1.54, 1.807) is 12.1 Å². The van der Waals surface area contributed by atoms with Gasteiger partial charge in [0.2, 0.25) is 5.91 Å². The zero-order chi connectivity index (χ0) is 12.5. The number of fused-ring (bicyclic) bond motifs is 1. The van der Waals surface area contributed by atoms with E-state index in [0.717, 1.165) is 11.3 Å². The molecule has 0 radical (unpaired) electrons. The van der Waals surface area contributed by atoms with Gasteiger partial charge in [-0.15, -0.1) is 0 Å². The quantitative estimate of drug-likeness (QED) is 0.846. The van der Waals surface area contributed by atoms with Crippen LogP contribution >= 0.6 is 0 Å². The number of phenolic OH excluding ortho intramolecular Hbond substituents is 1. The van der Waals surface area contributed by atoms with E-state index < -0.39 is 0 Å². The van der Waals surface area contributed by atoms with Crippen LogP contribution in [-0.2, 0) is 11.2 Å². The number of amides is 1. The number of hydrogen-bond acceptors (Lipinski definition) is 2. The standard InChI is InChI=1S/C15H13NO2/c17-13-8-4-7-12-14(13)11(15(18)16-12)9-10-5-2-1-3-6-10/h1-8,11,17H,9H2,(H,16,18). The summed E-state index contributed by atoms with van der Waals surface area (Å²) in [5, 5.41) is 12.7. The van der Waals surface area contributed by atoms with Crippen LogP contribution in [0.4, 0.5) is 5.69 Å². The number of hydrogen-bond donors (Lipinski definition) is 2. The van der Waals surface area contributed by atoms with E-state index in [0.29, 0.717) is 12.0 Å². The van der Waals surface area contributed by atoms with Gasteiger partial charge in [-0.05, 0) is 24.1 Å². The van der Waals surface area contributed by atoms with Crippen LogP contribution in [0.5, 0.6) is 5.75 Å². The molecule has 0 spiro atoms. The Morgan fingerprint density at radius 1 is 1.06 bits per heavy atom. The van der Waals surface area contributed by atoms with Crippen LogP contribution in [0.25, 0.3) is 0 Å². The van der Waals surface area contributed by atoms with Gasteiger partial charge in [0.1, 0.15) is 5.75 Å². The zero-order valence-corrected chi connectivity index (χ0v) is 9.76. The summed E-state index contributed by atoms with van der Waals surface area (Å²) in [5.74, 6) is -0.161. The topological polar surface area (TPSA) is 49.3 Å². The lowest BCUT2D eigenvalue weighted by molar-refractivity contribution is -0.117. The summed E-state index contributed by atoms with van der Waals surface area (Å²) in [6, 6.07) is 15.0. The number of anilines is 1. The maximum absolute atomic E-state index is 12.0. The summed E-state index contributed by atoms with van der Waals surface area (Å²) in [5.41, 5.74) is 2.53. The van der Waals surface area contributed by atoms with Crippen LogP contribution in [0.2, 0.25) is 0 Å². The SMILES string of the molecule is O=C1Nc2cccc(O)c2C1Cc1ccccc1. The first kappa shape index (κ1) is 10.8. The van der Waals surface area contributed by atoms with Crippen molar-refractivity contribution in [1.82, 2.24) is 0 Å². The molecular weight excluding hydrogens is 226 g/mol. The Bertz CT molecular complexity index is 593. The van der Waals surface area contributed by atoms with Crippen molar-refractivity contribution in [2.24, 2.45) is 0 Å². The molecule has 3 nitrogen and oxygen atoms in total. The predicted octanol–water partition coefficient (Wildman–Crippen LogP) is 2.67. The molecule has 1 aliphatic rings. The van der Waals surface area contributed by atoms with E-state index in [1.807, 2.05) is 36.4 Å². The zero-order valence-electron chi connectivity index (χ0n) is 9.76. The molecule has 0 saturated heterocycles. The number of carbonyl (C=O) groups excluding carboxylic acids is 1. The molecule has 0 fully saturated rings. The maximum atomic E-state index is 12.0. The molecule has 1 atom stereocenters. The molecule has 1 aliphatic heterocycles. The second kappa shape index (κ2) is 4.18. The van der Waals surface area contributed by atoms with Gasteiger partial charge in [0.25, 0.3) is 0 Å². The highest BCUT2D eigenvalue weighted by Gasteiger charge is 2.32. The molecule has 3 rings (SSSR count). The van der Waals surface area contributed by atoms with Crippen LogP contribution in [0.15, 0.2) is 48.5 Å². The second-order valence-corrected chi connectivity index (χ2v) is 4.47. The number of phenols is 1. The Kier molecular flexibility index (Phi) is 2.52. The molecule has 18 heavy (non-hydrogen) atoms. The summed E-state index contributed by atoms with van der Waals surface area (Å²) in [4.78, 5) is 12.0. The molecule has 90 valence electrons. The lowest BCUT2D eigenvalue weighted by Gasteiger charge is -2.10. The van der Waals surface area contributed by atoms with E-state index in [-0.39, 0.29) is 17.6 Å². The lowest BCUT2D eigenvalue weighted by atomic mass is 9.92. The van der Waals surface area contributed by atoms with Crippen molar-refractivity contribution in [3.05, 3.63) is 59.7 Å². The number of rotatable bonds is 2. The maximum Gasteiger partial charge on any atom is 0.232 e. The fraction of sp³-hybridized carbons (Fsp3) is 0.133. The Hall–Kier alpha value is -2.29. The van der Waals surface area contributed by atoms with E-state index in [9.17, 15) is 9.90 Å². The lowest BCUT2D eigenvalue weighted by Crippen LogP contribution is -2.14. The fourth-order valence-electron chi connectivity index (χ4n) is 2.42. The van der Waals surface area contributed by atoms with E-state index in [2.05, 4.69) is 5.32 Å². The average Bonchev–Trinajstić information content (AvgIpc) is 2.69. The minimum Gasteiger partial charge on any atom is -0.508 e. The molecule has 0 saturated carbocycles. The van der Waals surface area contributed by atoms with Gasteiger partial charge < -0.3 is 10.4 Å². The molecule has 1 amide bonds. The van der Waals surface area contributed by atoms with Crippen LogP contribution in [-0.4, -0.2) is 11.0 Å². The molecule has 3 heteroatoms. The van der Waals surface area contributed by atoms with E-state index in [1.165, 1.54) is 0 Å². The van der Waals surface area contributed by atoms with Crippen LogP contribution in [0.3, 0.4) is 0 Å². The summed E-state index contributed by atoms with van der Waals surface area (Å²) in [6.45, 7) is 0. The minimum atomic E-state index is -0.302. The highest BCUT2D eigenvalue weighted by Crippen LogP contribution is 2.40. The molecule has 2 aromatic carbocycles. The first-order valence-electron chi connectivity index (χ1n) is 5.92. The summed E-state index contributed by atoms with van der Waals surface area (Å²) >= 11 is 0. The molecule has 1 heterocycles. The monoisotopic (exact) mass is 239 g/mol. The van der Waals surface area contributed by atoms with Crippen molar-refractivity contribution in [3.63, 3.8) is 0 Å². The van der Waals surface area contributed by atoms with Crippen molar-refractivity contribution in [2.45, 2.75) is 12.3 Å². The van der Waals surface area contributed by atoms with E-state index in [4.69, 9.17) is 0 Å². The first-order valence-corrected chi connectivity index (χ1v) is 5.92. The Balaban J connectivity index is 1.97. The van der Waals surface area contributed by atoms with Gasteiger partial charge in [-0.2, -0.15) is 0 Å². The molecule has 2 aromatic rings. The van der Waals surface area contributed by atoms with Gasteiger partial charge in [-0.3, -0.25) is 4.79 Å².